The smallest absolute Gasteiger partial charge is 0.214 e. The van der Waals surface area contributed by atoms with Crippen LogP contribution in [0.5, 0.6) is 0 Å². The van der Waals surface area contributed by atoms with Gasteiger partial charge in [0.1, 0.15) is 0 Å². The van der Waals surface area contributed by atoms with Crippen LogP contribution >= 0.6 is 0 Å². The van der Waals surface area contributed by atoms with Crippen molar-refractivity contribution in [1.29, 1.82) is 0 Å². The monoisotopic (exact) mass is 336 g/mol. The van der Waals surface area contributed by atoms with E-state index in [1.165, 1.54) is 28.3 Å². The van der Waals surface area contributed by atoms with Crippen LogP contribution in [0.25, 0.3) is 0 Å². The van der Waals surface area contributed by atoms with Gasteiger partial charge in [-0.25, -0.2) is 12.7 Å². The highest BCUT2D eigenvalue weighted by molar-refractivity contribution is 7.89. The van der Waals surface area contributed by atoms with Crippen molar-refractivity contribution < 1.29 is 8.42 Å². The number of nitrogens with zero attached hydrogens (tertiary/aromatic N) is 2. The number of hydrogen-bond acceptors (Lipinski definition) is 3. The molecule has 23 heavy (non-hydrogen) atoms. The second-order valence-corrected chi connectivity index (χ2v) is 8.20. The topological polar surface area (TPSA) is 87.8 Å². The van der Waals surface area contributed by atoms with Crippen molar-refractivity contribution >= 4 is 21.7 Å². The summed E-state index contributed by atoms with van der Waals surface area (Å²) in [4.78, 5) is 4.27. The molecule has 3 rings (SSSR count). The number of nitrogens with two attached hydrogens (primary N) is 1. The number of guanidine groups is 1. The maximum absolute atomic E-state index is 11.7. The predicted molar refractivity (Wildman–Crippen MR) is 93.2 cm³/mol. The van der Waals surface area contributed by atoms with Crippen LogP contribution in [0.3, 0.4) is 0 Å². The van der Waals surface area contributed by atoms with Crippen LogP contribution in [0, 0.1) is 0 Å². The number of anilines is 1. The molecule has 1 aromatic carbocycles. The molecule has 1 aromatic rings. The molecule has 0 atom stereocenters. The van der Waals surface area contributed by atoms with Gasteiger partial charge in [-0.05, 0) is 49.3 Å². The molecule has 1 aliphatic carbocycles. The Balaban J connectivity index is 1.60. The molecular formula is C16H24N4O2S. The van der Waals surface area contributed by atoms with E-state index in [1.807, 2.05) is 12.1 Å². The molecule has 7 heteroatoms. The molecule has 0 spiro atoms. The fourth-order valence-corrected chi connectivity index (χ4v) is 4.82. The van der Waals surface area contributed by atoms with Gasteiger partial charge in [-0.15, -0.1) is 0 Å². The summed E-state index contributed by atoms with van der Waals surface area (Å²) in [5.74, 6) is 0.598. The van der Waals surface area contributed by atoms with Crippen LogP contribution in [0.1, 0.15) is 30.4 Å². The number of benzene rings is 1. The summed E-state index contributed by atoms with van der Waals surface area (Å²) < 4.78 is 24.9. The highest BCUT2D eigenvalue weighted by atomic mass is 32.2. The van der Waals surface area contributed by atoms with E-state index in [0.29, 0.717) is 32.0 Å². The van der Waals surface area contributed by atoms with Gasteiger partial charge in [0.25, 0.3) is 0 Å². The van der Waals surface area contributed by atoms with E-state index >= 15 is 0 Å². The molecule has 0 bridgehead atoms. The second kappa shape index (κ2) is 6.88. The van der Waals surface area contributed by atoms with Crippen LogP contribution in [-0.2, 0) is 22.9 Å². The summed E-state index contributed by atoms with van der Waals surface area (Å²) in [5, 5.41) is 3.18. The van der Waals surface area contributed by atoms with Gasteiger partial charge in [0.15, 0.2) is 5.96 Å². The van der Waals surface area contributed by atoms with Gasteiger partial charge in [-0.1, -0.05) is 12.1 Å². The summed E-state index contributed by atoms with van der Waals surface area (Å²) in [6.07, 6.45) is 5.34. The van der Waals surface area contributed by atoms with E-state index in [2.05, 4.69) is 16.4 Å². The Bertz CT molecular complexity index is 700. The molecule has 0 aromatic heterocycles. The number of rotatable bonds is 4. The van der Waals surface area contributed by atoms with E-state index < -0.39 is 10.0 Å². The molecule has 3 N–H and O–H groups in total. The van der Waals surface area contributed by atoms with E-state index in [9.17, 15) is 8.42 Å². The number of aryl methyl sites for hydroxylation is 1. The quantitative estimate of drug-likeness (QED) is 0.641. The average molecular weight is 336 g/mol. The first-order chi connectivity index (χ1) is 11.1. The van der Waals surface area contributed by atoms with Crippen LogP contribution in [0.2, 0.25) is 0 Å². The molecule has 0 unspecified atom stereocenters. The van der Waals surface area contributed by atoms with Gasteiger partial charge in [0.2, 0.25) is 10.0 Å². The third-order valence-electron chi connectivity index (χ3n) is 4.49. The zero-order valence-electron chi connectivity index (χ0n) is 13.3. The minimum atomic E-state index is -3.05. The van der Waals surface area contributed by atoms with Gasteiger partial charge in [0, 0.05) is 18.8 Å². The van der Waals surface area contributed by atoms with E-state index in [0.717, 1.165) is 18.5 Å². The van der Waals surface area contributed by atoms with Crippen molar-refractivity contribution in [1.82, 2.24) is 4.31 Å². The Morgan fingerprint density at radius 3 is 2.87 bits per heavy atom. The maximum Gasteiger partial charge on any atom is 0.214 e. The maximum atomic E-state index is 11.7. The van der Waals surface area contributed by atoms with Crippen LogP contribution in [0.4, 0.5) is 5.69 Å². The van der Waals surface area contributed by atoms with Crippen molar-refractivity contribution in [2.24, 2.45) is 10.7 Å². The van der Waals surface area contributed by atoms with Crippen molar-refractivity contribution in [2.75, 3.05) is 30.7 Å². The minimum absolute atomic E-state index is 0.251. The zero-order valence-corrected chi connectivity index (χ0v) is 14.1. The first-order valence-electron chi connectivity index (χ1n) is 8.22. The first-order valence-corrected chi connectivity index (χ1v) is 9.83. The number of fused-ring (bicyclic) bond motifs is 1. The molecule has 0 saturated carbocycles. The molecule has 0 radical (unpaired) electrons. The third kappa shape index (κ3) is 3.84. The number of hydrogen-bond donors (Lipinski definition) is 2. The number of sulfonamides is 1. The Morgan fingerprint density at radius 2 is 2.09 bits per heavy atom. The van der Waals surface area contributed by atoms with Crippen molar-refractivity contribution in [3.8, 4) is 0 Å². The Labute approximate surface area is 137 Å². The van der Waals surface area contributed by atoms with Crippen LogP contribution in [0.15, 0.2) is 23.2 Å². The van der Waals surface area contributed by atoms with Crippen molar-refractivity contribution in [3.63, 3.8) is 0 Å². The summed E-state index contributed by atoms with van der Waals surface area (Å²) in [7, 11) is -3.05. The highest BCUT2D eigenvalue weighted by Gasteiger charge is 2.27. The Hall–Kier alpha value is -1.60. The summed E-state index contributed by atoms with van der Waals surface area (Å²) in [6.45, 7) is 1.38. The molecule has 1 fully saturated rings. The fourth-order valence-electron chi connectivity index (χ4n) is 3.30. The van der Waals surface area contributed by atoms with E-state index in [4.69, 9.17) is 5.73 Å². The summed E-state index contributed by atoms with van der Waals surface area (Å²) in [5.41, 5.74) is 9.71. The Kier molecular flexibility index (Phi) is 4.87. The van der Waals surface area contributed by atoms with Gasteiger partial charge in [-0.2, -0.15) is 0 Å². The number of nitrogens with one attached hydrogen (secondary N) is 1. The molecule has 2 aliphatic rings. The van der Waals surface area contributed by atoms with Gasteiger partial charge < -0.3 is 11.1 Å². The lowest BCUT2D eigenvalue weighted by Crippen LogP contribution is -2.30. The third-order valence-corrected chi connectivity index (χ3v) is 6.45. The van der Waals surface area contributed by atoms with Crippen molar-refractivity contribution in [3.05, 3.63) is 29.3 Å². The highest BCUT2D eigenvalue weighted by Crippen LogP contribution is 2.27. The SMILES string of the molecule is NC(=NCCN1CCCS1(=O)=O)Nc1cccc2c1CCCC2. The van der Waals surface area contributed by atoms with Crippen LogP contribution in [-0.4, -0.2) is 44.1 Å². The lowest BCUT2D eigenvalue weighted by atomic mass is 9.90. The average Bonchev–Trinajstić information content (AvgIpc) is 2.86. The second-order valence-electron chi connectivity index (χ2n) is 6.11. The summed E-state index contributed by atoms with van der Waals surface area (Å²) in [6, 6.07) is 6.24. The summed E-state index contributed by atoms with van der Waals surface area (Å²) >= 11 is 0. The molecular weight excluding hydrogens is 312 g/mol. The van der Waals surface area contributed by atoms with Gasteiger partial charge >= 0.3 is 0 Å². The standard InChI is InChI=1S/C16H24N4O2S/c17-16(18-9-11-20-10-4-12-23(20,21)22)19-15-8-3-6-13-5-1-2-7-14(13)15/h3,6,8H,1-2,4-5,7,9-12H2,(H3,17,18,19). The molecule has 1 heterocycles. The lowest BCUT2D eigenvalue weighted by Gasteiger charge is -2.20. The Morgan fingerprint density at radius 1 is 1.26 bits per heavy atom. The van der Waals surface area contributed by atoms with Crippen LogP contribution < -0.4 is 11.1 Å². The molecule has 1 saturated heterocycles. The predicted octanol–water partition coefficient (Wildman–Crippen LogP) is 1.33. The molecule has 1 aliphatic heterocycles. The fraction of sp³-hybridized carbons (Fsp3) is 0.562. The largest absolute Gasteiger partial charge is 0.370 e. The van der Waals surface area contributed by atoms with Gasteiger partial charge in [0.05, 0.1) is 12.3 Å². The van der Waals surface area contributed by atoms with Crippen molar-refractivity contribution in [2.45, 2.75) is 32.1 Å². The molecule has 0 amide bonds. The zero-order chi connectivity index (χ0) is 16.3. The minimum Gasteiger partial charge on any atom is -0.370 e. The lowest BCUT2D eigenvalue weighted by molar-refractivity contribution is 0.452. The van der Waals surface area contributed by atoms with E-state index in [-0.39, 0.29) is 5.75 Å². The number of aliphatic imine (C=N–C) groups is 1. The molecule has 126 valence electrons. The molecule has 6 nitrogen and oxygen atoms in total. The normalized spacial score (nSPS) is 21.1. The van der Waals surface area contributed by atoms with E-state index in [1.54, 1.807) is 0 Å². The van der Waals surface area contributed by atoms with Gasteiger partial charge in [-0.3, -0.25) is 4.99 Å². The first kappa shape index (κ1) is 16.3.